The van der Waals surface area contributed by atoms with Crippen LogP contribution in [0, 0.1) is 6.92 Å². The molecule has 0 saturated carbocycles. The van der Waals surface area contributed by atoms with Crippen molar-refractivity contribution < 1.29 is 9.32 Å². The van der Waals surface area contributed by atoms with Crippen LogP contribution < -0.4 is 10.2 Å². The minimum atomic E-state index is -0.130. The number of carbonyl (C=O) groups is 1. The summed E-state index contributed by atoms with van der Waals surface area (Å²) in [4.78, 5) is 28.2. The van der Waals surface area contributed by atoms with E-state index in [1.807, 2.05) is 32.9 Å². The maximum absolute atomic E-state index is 12.2. The zero-order valence-electron chi connectivity index (χ0n) is 14.6. The highest BCUT2D eigenvalue weighted by Crippen LogP contribution is 2.25. The molecule has 1 N–H and O–H groups in total. The van der Waals surface area contributed by atoms with Crippen molar-refractivity contribution in [1.82, 2.24) is 14.7 Å². The second-order valence-electron chi connectivity index (χ2n) is 6.31. The molecule has 0 saturated heterocycles. The average Bonchev–Trinajstić information content (AvgIpc) is 3.13. The molecule has 0 fully saturated rings. The molecule has 25 heavy (non-hydrogen) atoms. The first-order valence-electron chi connectivity index (χ1n) is 8.07. The number of benzene rings is 1. The number of fused-ring (bicyclic) bond motifs is 1. The van der Waals surface area contributed by atoms with Crippen LogP contribution in [0.3, 0.4) is 0 Å². The van der Waals surface area contributed by atoms with Gasteiger partial charge in [0.25, 0.3) is 0 Å². The predicted molar refractivity (Wildman–Crippen MR) is 97.1 cm³/mol. The number of anilines is 1. The van der Waals surface area contributed by atoms with Crippen LogP contribution in [0.1, 0.15) is 43.5 Å². The lowest BCUT2D eigenvalue weighted by Gasteiger charge is -2.08. The first-order chi connectivity index (χ1) is 11.8. The fourth-order valence-electron chi connectivity index (χ4n) is 2.45. The van der Waals surface area contributed by atoms with Gasteiger partial charge in [-0.25, -0.2) is 0 Å². The Balaban J connectivity index is 1.69. The number of carbonyl (C=O) groups excluding carboxylic acids is 1. The number of aryl methyl sites for hydroxylation is 3. The highest BCUT2D eigenvalue weighted by atomic mass is 32.1. The van der Waals surface area contributed by atoms with E-state index >= 15 is 0 Å². The average molecular weight is 360 g/mol. The van der Waals surface area contributed by atoms with Crippen molar-refractivity contribution in [2.45, 2.75) is 39.5 Å². The summed E-state index contributed by atoms with van der Waals surface area (Å²) >= 11 is 1.17. The number of hydrogen-bond acceptors (Lipinski definition) is 6. The quantitative estimate of drug-likeness (QED) is 0.755. The van der Waals surface area contributed by atoms with E-state index in [1.165, 1.54) is 11.3 Å². The Morgan fingerprint density at radius 1 is 1.40 bits per heavy atom. The number of amides is 1. The fourth-order valence-corrected chi connectivity index (χ4v) is 3.35. The van der Waals surface area contributed by atoms with E-state index in [0.29, 0.717) is 23.8 Å². The Morgan fingerprint density at radius 3 is 2.84 bits per heavy atom. The van der Waals surface area contributed by atoms with Crippen LogP contribution in [0.25, 0.3) is 10.2 Å². The second-order valence-corrected chi connectivity index (χ2v) is 7.30. The first kappa shape index (κ1) is 17.3. The van der Waals surface area contributed by atoms with E-state index in [9.17, 15) is 9.59 Å². The van der Waals surface area contributed by atoms with E-state index in [4.69, 9.17) is 4.52 Å². The summed E-state index contributed by atoms with van der Waals surface area (Å²) in [5, 5.41) is 6.79. The van der Waals surface area contributed by atoms with Crippen molar-refractivity contribution in [3.63, 3.8) is 0 Å². The number of hydrogen-bond donors (Lipinski definition) is 1. The number of nitrogens with zero attached hydrogens (tertiary/aromatic N) is 3. The molecule has 2 heterocycles. The molecule has 2 aromatic heterocycles. The molecule has 7 nitrogen and oxygen atoms in total. The molecule has 1 aromatic carbocycles. The Labute approximate surface area is 148 Å². The van der Waals surface area contributed by atoms with Gasteiger partial charge in [0.2, 0.25) is 11.8 Å². The molecule has 3 aromatic rings. The molecule has 1 amide bonds. The summed E-state index contributed by atoms with van der Waals surface area (Å²) in [6.45, 7) is 5.88. The molecule has 0 aliphatic rings. The van der Waals surface area contributed by atoms with Crippen LogP contribution in [0.2, 0.25) is 0 Å². The molecule has 0 bridgehead atoms. The Hall–Kier alpha value is -2.48. The standard InChI is InChI=1S/C17H20N4O3S/c1-9(2)16-19-15(24-20-16)6-5-14(22)18-11-8-13-12(7-10(11)3)21(4)17(23)25-13/h7-9H,5-6H2,1-4H3,(H,18,22). The van der Waals surface area contributed by atoms with Gasteiger partial charge in [0, 0.05) is 31.5 Å². The molecule has 0 aliphatic carbocycles. The minimum Gasteiger partial charge on any atom is -0.339 e. The van der Waals surface area contributed by atoms with Gasteiger partial charge in [-0.3, -0.25) is 9.59 Å². The number of rotatable bonds is 5. The second kappa shape index (κ2) is 6.79. The normalized spacial score (nSPS) is 11.4. The summed E-state index contributed by atoms with van der Waals surface area (Å²) in [6, 6.07) is 3.76. The van der Waals surface area contributed by atoms with Gasteiger partial charge in [-0.05, 0) is 24.6 Å². The molecular weight excluding hydrogens is 340 g/mol. The molecule has 132 valence electrons. The topological polar surface area (TPSA) is 90.0 Å². The van der Waals surface area contributed by atoms with E-state index in [2.05, 4.69) is 15.5 Å². The largest absolute Gasteiger partial charge is 0.339 e. The van der Waals surface area contributed by atoms with Gasteiger partial charge >= 0.3 is 4.87 Å². The van der Waals surface area contributed by atoms with Gasteiger partial charge in [-0.15, -0.1) is 0 Å². The zero-order chi connectivity index (χ0) is 18.1. The highest BCUT2D eigenvalue weighted by Gasteiger charge is 2.13. The summed E-state index contributed by atoms with van der Waals surface area (Å²) < 4.78 is 7.61. The summed E-state index contributed by atoms with van der Waals surface area (Å²) in [6.07, 6.45) is 0.647. The van der Waals surface area contributed by atoms with E-state index in [1.54, 1.807) is 11.6 Å². The van der Waals surface area contributed by atoms with Crippen LogP contribution in [-0.4, -0.2) is 20.6 Å². The van der Waals surface area contributed by atoms with E-state index < -0.39 is 0 Å². The Kier molecular flexibility index (Phi) is 4.71. The Morgan fingerprint density at radius 2 is 2.16 bits per heavy atom. The fraction of sp³-hybridized carbons (Fsp3) is 0.412. The van der Waals surface area contributed by atoms with Crippen LogP contribution in [-0.2, 0) is 18.3 Å². The predicted octanol–water partition coefficient (Wildman–Crippen LogP) is 2.99. The molecular formula is C17H20N4O3S. The smallest absolute Gasteiger partial charge is 0.307 e. The molecule has 3 rings (SSSR count). The molecule has 0 spiro atoms. The third kappa shape index (κ3) is 3.63. The van der Waals surface area contributed by atoms with Gasteiger partial charge in [0.05, 0.1) is 10.2 Å². The maximum atomic E-state index is 12.2. The molecule has 8 heteroatoms. The SMILES string of the molecule is Cc1cc2c(cc1NC(=O)CCc1nc(C(C)C)no1)sc(=O)n2C. The number of aromatic nitrogens is 3. The van der Waals surface area contributed by atoms with Gasteiger partial charge in [0.1, 0.15) is 0 Å². The third-order valence-electron chi connectivity index (χ3n) is 3.98. The molecule has 0 unspecified atom stereocenters. The zero-order valence-corrected chi connectivity index (χ0v) is 15.4. The van der Waals surface area contributed by atoms with Crippen molar-refractivity contribution in [3.8, 4) is 0 Å². The minimum absolute atomic E-state index is 0.0183. The monoisotopic (exact) mass is 360 g/mol. The van der Waals surface area contributed by atoms with E-state index in [0.717, 1.165) is 15.8 Å². The van der Waals surface area contributed by atoms with Crippen LogP contribution in [0.4, 0.5) is 5.69 Å². The lowest BCUT2D eigenvalue weighted by Crippen LogP contribution is -2.13. The van der Waals surface area contributed by atoms with Gasteiger partial charge in [0.15, 0.2) is 5.82 Å². The van der Waals surface area contributed by atoms with Crippen LogP contribution >= 0.6 is 11.3 Å². The third-order valence-corrected chi connectivity index (χ3v) is 4.97. The van der Waals surface area contributed by atoms with Crippen molar-refractivity contribution >= 4 is 33.1 Å². The van der Waals surface area contributed by atoms with Crippen molar-refractivity contribution in [2.75, 3.05) is 5.32 Å². The van der Waals surface area contributed by atoms with Gasteiger partial charge in [-0.1, -0.05) is 30.3 Å². The van der Waals surface area contributed by atoms with Crippen molar-refractivity contribution in [3.05, 3.63) is 39.1 Å². The lowest BCUT2D eigenvalue weighted by atomic mass is 10.1. The molecule has 0 aliphatic heterocycles. The van der Waals surface area contributed by atoms with Crippen LogP contribution in [0.15, 0.2) is 21.5 Å². The Bertz CT molecular complexity index is 984. The molecule has 0 atom stereocenters. The summed E-state index contributed by atoms with van der Waals surface area (Å²) in [5.41, 5.74) is 2.50. The highest BCUT2D eigenvalue weighted by molar-refractivity contribution is 7.16. The van der Waals surface area contributed by atoms with Gasteiger partial charge < -0.3 is 14.4 Å². The van der Waals surface area contributed by atoms with Crippen molar-refractivity contribution in [2.24, 2.45) is 7.05 Å². The maximum Gasteiger partial charge on any atom is 0.307 e. The number of nitrogens with one attached hydrogen (secondary N) is 1. The van der Waals surface area contributed by atoms with E-state index in [-0.39, 0.29) is 23.1 Å². The van der Waals surface area contributed by atoms with Crippen LogP contribution in [0.5, 0.6) is 0 Å². The number of thiazole rings is 1. The summed E-state index contributed by atoms with van der Waals surface area (Å²) in [7, 11) is 1.74. The van der Waals surface area contributed by atoms with Crippen molar-refractivity contribution in [1.29, 1.82) is 0 Å². The molecule has 0 radical (unpaired) electrons. The first-order valence-corrected chi connectivity index (χ1v) is 8.89. The van der Waals surface area contributed by atoms with Gasteiger partial charge in [-0.2, -0.15) is 4.98 Å². The lowest BCUT2D eigenvalue weighted by molar-refractivity contribution is -0.116. The summed E-state index contributed by atoms with van der Waals surface area (Å²) in [5.74, 6) is 1.18.